The van der Waals surface area contributed by atoms with E-state index >= 15 is 0 Å². The van der Waals surface area contributed by atoms with Gasteiger partial charge in [-0.2, -0.15) is 17.0 Å². The molecule has 3 aliphatic heterocycles. The number of piperidine rings is 2. The van der Waals surface area contributed by atoms with E-state index in [0.29, 0.717) is 32.6 Å². The molecule has 0 aromatic carbocycles. The van der Waals surface area contributed by atoms with Crippen LogP contribution >= 0.6 is 12.4 Å². The molecular formula is C15H29ClN4O3S. The van der Waals surface area contributed by atoms with E-state index in [9.17, 15) is 13.2 Å². The molecule has 0 saturated carbocycles. The normalized spacial score (nSPS) is 29.4. The van der Waals surface area contributed by atoms with Gasteiger partial charge in [0.2, 0.25) is 5.91 Å². The van der Waals surface area contributed by atoms with Crippen LogP contribution in [0.1, 0.15) is 32.1 Å². The van der Waals surface area contributed by atoms with Crippen LogP contribution in [0.4, 0.5) is 0 Å². The molecule has 9 heteroatoms. The van der Waals surface area contributed by atoms with Gasteiger partial charge in [0.25, 0.3) is 10.2 Å². The molecule has 1 N–H and O–H groups in total. The average Bonchev–Trinajstić information content (AvgIpc) is 3.09. The molecule has 3 aliphatic rings. The zero-order valence-corrected chi connectivity index (χ0v) is 15.9. The van der Waals surface area contributed by atoms with Crippen LogP contribution in [0.25, 0.3) is 0 Å². The lowest BCUT2D eigenvalue weighted by Gasteiger charge is -2.47. The summed E-state index contributed by atoms with van der Waals surface area (Å²) in [5.74, 6) is 0.494. The van der Waals surface area contributed by atoms with Gasteiger partial charge in [-0.05, 0) is 38.6 Å². The smallest absolute Gasteiger partial charge is 0.281 e. The largest absolute Gasteiger partial charge is 0.338 e. The van der Waals surface area contributed by atoms with Crippen molar-refractivity contribution in [1.29, 1.82) is 0 Å². The molecule has 1 amide bonds. The Kier molecular flexibility index (Phi) is 6.90. The molecule has 0 unspecified atom stereocenters. The van der Waals surface area contributed by atoms with E-state index in [-0.39, 0.29) is 30.3 Å². The van der Waals surface area contributed by atoms with E-state index in [2.05, 4.69) is 5.32 Å². The Morgan fingerprint density at radius 1 is 1.12 bits per heavy atom. The molecule has 0 spiro atoms. The van der Waals surface area contributed by atoms with Crippen LogP contribution in [0.5, 0.6) is 0 Å². The fraction of sp³-hybridized carbons (Fsp3) is 0.933. The van der Waals surface area contributed by atoms with Gasteiger partial charge in [-0.25, -0.2) is 0 Å². The number of halogens is 1. The van der Waals surface area contributed by atoms with E-state index in [1.54, 1.807) is 8.61 Å². The molecule has 0 aliphatic carbocycles. The minimum atomic E-state index is -3.31. The molecule has 3 saturated heterocycles. The van der Waals surface area contributed by atoms with Crippen molar-refractivity contribution in [2.45, 2.75) is 38.1 Å². The zero-order valence-electron chi connectivity index (χ0n) is 14.3. The zero-order chi connectivity index (χ0) is 16.4. The van der Waals surface area contributed by atoms with Gasteiger partial charge < -0.3 is 10.2 Å². The Hall–Kier alpha value is -0.410. The molecule has 0 bridgehead atoms. The maximum atomic E-state index is 12.7. The standard InChI is InChI=1S/C15H28N4O3S.ClH/c1-16-7-11-19-14-6-10-18(12-13(14)4-5-15(19)20)23(21,22)17-8-2-3-9-17;/h13-14,16H,2-12H2,1H3;1H/t13-,14+;/m0./s1. The monoisotopic (exact) mass is 380 g/mol. The number of amides is 1. The molecule has 3 heterocycles. The quantitative estimate of drug-likeness (QED) is 0.743. The van der Waals surface area contributed by atoms with E-state index in [4.69, 9.17) is 0 Å². The van der Waals surface area contributed by atoms with Crippen molar-refractivity contribution in [3.05, 3.63) is 0 Å². The van der Waals surface area contributed by atoms with Gasteiger partial charge in [-0.15, -0.1) is 12.4 Å². The van der Waals surface area contributed by atoms with Crippen molar-refractivity contribution in [1.82, 2.24) is 18.8 Å². The fourth-order valence-corrected chi connectivity index (χ4v) is 5.89. The summed E-state index contributed by atoms with van der Waals surface area (Å²) in [6.45, 7) is 3.90. The van der Waals surface area contributed by atoms with Crippen LogP contribution in [0, 0.1) is 5.92 Å². The van der Waals surface area contributed by atoms with Crippen molar-refractivity contribution in [3.8, 4) is 0 Å². The number of likely N-dealkylation sites (N-methyl/N-ethyl adjacent to an activating group) is 1. The molecule has 3 rings (SSSR count). The molecule has 0 aromatic heterocycles. The Morgan fingerprint density at radius 2 is 1.83 bits per heavy atom. The third-order valence-corrected chi connectivity index (χ3v) is 7.43. The van der Waals surface area contributed by atoms with E-state index in [1.165, 1.54) is 0 Å². The average molecular weight is 381 g/mol. The van der Waals surface area contributed by atoms with Crippen molar-refractivity contribution >= 4 is 28.5 Å². The minimum absolute atomic E-state index is 0. The second-order valence-corrected chi connectivity index (χ2v) is 8.75. The molecule has 3 fully saturated rings. The summed E-state index contributed by atoms with van der Waals surface area (Å²) in [6.07, 6.45) is 4.04. The number of carbonyl (C=O) groups excluding carboxylic acids is 1. The highest BCUT2D eigenvalue weighted by Gasteiger charge is 2.43. The Balaban J connectivity index is 0.00000208. The third kappa shape index (κ3) is 3.88. The number of nitrogens with zero attached hydrogens (tertiary/aromatic N) is 3. The third-order valence-electron chi connectivity index (χ3n) is 5.43. The second kappa shape index (κ2) is 8.31. The maximum Gasteiger partial charge on any atom is 0.281 e. The van der Waals surface area contributed by atoms with E-state index in [0.717, 1.165) is 38.8 Å². The van der Waals surface area contributed by atoms with Crippen LogP contribution < -0.4 is 5.32 Å². The molecule has 24 heavy (non-hydrogen) atoms. The SMILES string of the molecule is CNCCN1C(=O)CC[C@H]2CN(S(=O)(=O)N3CCCC3)CC[C@H]21.Cl. The van der Waals surface area contributed by atoms with Gasteiger partial charge in [0.05, 0.1) is 0 Å². The van der Waals surface area contributed by atoms with Gasteiger partial charge >= 0.3 is 0 Å². The summed E-state index contributed by atoms with van der Waals surface area (Å²) in [5.41, 5.74) is 0. The molecule has 140 valence electrons. The first kappa shape index (κ1) is 19.9. The molecular weight excluding hydrogens is 352 g/mol. The maximum absolute atomic E-state index is 12.7. The molecule has 7 nitrogen and oxygen atoms in total. The van der Waals surface area contributed by atoms with Crippen molar-refractivity contribution in [2.75, 3.05) is 46.3 Å². The number of fused-ring (bicyclic) bond motifs is 1. The van der Waals surface area contributed by atoms with Crippen molar-refractivity contribution in [2.24, 2.45) is 5.92 Å². The highest BCUT2D eigenvalue weighted by Crippen LogP contribution is 2.33. The summed E-state index contributed by atoms with van der Waals surface area (Å²) in [5, 5.41) is 3.09. The van der Waals surface area contributed by atoms with Crippen molar-refractivity contribution in [3.63, 3.8) is 0 Å². The Bertz CT molecular complexity index is 539. The predicted octanol–water partition coefficient (Wildman–Crippen LogP) is 0.281. The van der Waals surface area contributed by atoms with Crippen LogP contribution in [-0.4, -0.2) is 80.2 Å². The van der Waals surface area contributed by atoms with Gasteiger partial charge in [0, 0.05) is 51.7 Å². The lowest BCUT2D eigenvalue weighted by Crippen LogP contribution is -2.59. The molecule has 2 atom stereocenters. The number of likely N-dealkylation sites (tertiary alicyclic amines) is 1. The summed E-state index contributed by atoms with van der Waals surface area (Å²) >= 11 is 0. The Labute approximate surface area is 151 Å². The lowest BCUT2D eigenvalue weighted by atomic mass is 9.84. The summed E-state index contributed by atoms with van der Waals surface area (Å²) in [7, 11) is -1.42. The van der Waals surface area contributed by atoms with Gasteiger partial charge in [-0.1, -0.05) is 0 Å². The number of nitrogens with one attached hydrogen (secondary N) is 1. The summed E-state index contributed by atoms with van der Waals surface area (Å²) in [4.78, 5) is 14.2. The first-order chi connectivity index (χ1) is 11.0. The lowest BCUT2D eigenvalue weighted by molar-refractivity contribution is -0.140. The Morgan fingerprint density at radius 3 is 2.50 bits per heavy atom. The number of hydrogen-bond acceptors (Lipinski definition) is 4. The number of hydrogen-bond donors (Lipinski definition) is 1. The van der Waals surface area contributed by atoms with Crippen LogP contribution in [0.3, 0.4) is 0 Å². The van der Waals surface area contributed by atoms with Gasteiger partial charge in [0.1, 0.15) is 0 Å². The minimum Gasteiger partial charge on any atom is -0.338 e. The summed E-state index contributed by atoms with van der Waals surface area (Å²) in [6, 6.07) is 0.203. The topological polar surface area (TPSA) is 73.0 Å². The predicted molar refractivity (Wildman–Crippen MR) is 95.3 cm³/mol. The highest BCUT2D eigenvalue weighted by molar-refractivity contribution is 7.86. The van der Waals surface area contributed by atoms with Crippen LogP contribution in [-0.2, 0) is 15.0 Å². The number of rotatable bonds is 5. The first-order valence-electron chi connectivity index (χ1n) is 8.73. The second-order valence-electron chi connectivity index (χ2n) is 6.82. The molecule has 0 aromatic rings. The summed E-state index contributed by atoms with van der Waals surface area (Å²) < 4.78 is 28.8. The fourth-order valence-electron chi connectivity index (χ4n) is 4.13. The van der Waals surface area contributed by atoms with Crippen LogP contribution in [0.2, 0.25) is 0 Å². The van der Waals surface area contributed by atoms with E-state index in [1.807, 2.05) is 11.9 Å². The van der Waals surface area contributed by atoms with E-state index < -0.39 is 10.2 Å². The first-order valence-corrected chi connectivity index (χ1v) is 10.1. The van der Waals surface area contributed by atoms with Crippen LogP contribution in [0.15, 0.2) is 0 Å². The van der Waals surface area contributed by atoms with Crippen molar-refractivity contribution < 1.29 is 13.2 Å². The van der Waals surface area contributed by atoms with Gasteiger partial charge in [-0.3, -0.25) is 4.79 Å². The number of carbonyl (C=O) groups is 1. The highest BCUT2D eigenvalue weighted by atomic mass is 35.5. The molecule has 0 radical (unpaired) electrons. The van der Waals surface area contributed by atoms with Gasteiger partial charge in [0.15, 0.2) is 0 Å².